The van der Waals surface area contributed by atoms with Gasteiger partial charge in [-0.3, -0.25) is 0 Å². The first-order valence-electron chi connectivity index (χ1n) is 6.01. The zero-order valence-corrected chi connectivity index (χ0v) is 13.3. The molecule has 1 aromatic rings. The van der Waals surface area contributed by atoms with Crippen molar-refractivity contribution in [1.29, 1.82) is 0 Å². The largest absolute Gasteiger partial charge is 0.465 e. The van der Waals surface area contributed by atoms with Gasteiger partial charge in [0.25, 0.3) is 0 Å². The molecule has 0 aliphatic rings. The summed E-state index contributed by atoms with van der Waals surface area (Å²) in [4.78, 5) is 13.5. The Kier molecular flexibility index (Phi) is 6.70. The van der Waals surface area contributed by atoms with Gasteiger partial charge in [-0.25, -0.2) is 4.79 Å². The number of benzene rings is 1. The highest BCUT2D eigenvalue weighted by Gasteiger charge is 2.09. The van der Waals surface area contributed by atoms with Crippen molar-refractivity contribution < 1.29 is 9.53 Å². The number of esters is 1. The fraction of sp³-hybridized carbons (Fsp3) is 0.385. The first-order valence-corrected chi connectivity index (χ1v) is 6.80. The number of thiocarbonyl (C=S) groups is 1. The number of anilines is 1. The second-order valence-corrected chi connectivity index (χ2v) is 5.19. The lowest BCUT2D eigenvalue weighted by Crippen LogP contribution is -2.34. The number of nitrogens with zero attached hydrogens (tertiary/aromatic N) is 1. The summed E-state index contributed by atoms with van der Waals surface area (Å²) in [5, 5.41) is 6.96. The zero-order valence-electron chi connectivity index (χ0n) is 11.7. The maximum Gasteiger partial charge on any atom is 0.337 e. The molecule has 0 saturated heterocycles. The van der Waals surface area contributed by atoms with Gasteiger partial charge < -0.3 is 20.3 Å². The molecular formula is C13H18ClN3O2S. The van der Waals surface area contributed by atoms with Crippen LogP contribution in [0.25, 0.3) is 0 Å². The number of hydrogen-bond donors (Lipinski definition) is 2. The van der Waals surface area contributed by atoms with Gasteiger partial charge in [-0.2, -0.15) is 0 Å². The molecule has 0 aliphatic carbocycles. The maximum atomic E-state index is 11.5. The molecule has 0 heterocycles. The number of carbonyl (C=O) groups is 1. The number of carbonyl (C=O) groups excluding carboxylic acids is 1. The lowest BCUT2D eigenvalue weighted by atomic mass is 10.2. The van der Waals surface area contributed by atoms with Crippen molar-refractivity contribution in [3.8, 4) is 0 Å². The van der Waals surface area contributed by atoms with Crippen LogP contribution in [0.5, 0.6) is 0 Å². The van der Waals surface area contributed by atoms with Crippen LogP contribution in [-0.2, 0) is 4.74 Å². The van der Waals surface area contributed by atoms with Gasteiger partial charge in [-0.15, -0.1) is 0 Å². The number of ether oxygens (including phenoxy) is 1. The molecule has 0 spiro atoms. The second-order valence-electron chi connectivity index (χ2n) is 4.37. The molecule has 1 rings (SSSR count). The molecule has 0 aliphatic heterocycles. The normalized spacial score (nSPS) is 10.2. The fourth-order valence-corrected chi connectivity index (χ4v) is 1.80. The van der Waals surface area contributed by atoms with E-state index in [-0.39, 0.29) is 0 Å². The SMILES string of the molecule is COC(=O)c1ccc(Cl)c(NC(=S)NCCN(C)C)c1. The van der Waals surface area contributed by atoms with E-state index in [0.29, 0.717) is 27.9 Å². The quantitative estimate of drug-likeness (QED) is 0.640. The summed E-state index contributed by atoms with van der Waals surface area (Å²) in [7, 11) is 5.29. The number of nitrogens with one attached hydrogen (secondary N) is 2. The molecule has 7 heteroatoms. The van der Waals surface area contributed by atoms with Crippen molar-refractivity contribution in [2.75, 3.05) is 39.6 Å². The Morgan fingerprint density at radius 3 is 2.75 bits per heavy atom. The molecular weight excluding hydrogens is 298 g/mol. The lowest BCUT2D eigenvalue weighted by molar-refractivity contribution is 0.0601. The summed E-state index contributed by atoms with van der Waals surface area (Å²) in [6, 6.07) is 4.83. The third kappa shape index (κ3) is 5.32. The van der Waals surface area contributed by atoms with Crippen molar-refractivity contribution in [3.63, 3.8) is 0 Å². The maximum absolute atomic E-state index is 11.5. The molecule has 0 unspecified atom stereocenters. The van der Waals surface area contributed by atoms with E-state index in [1.165, 1.54) is 7.11 Å². The summed E-state index contributed by atoms with van der Waals surface area (Å²) >= 11 is 11.2. The van der Waals surface area contributed by atoms with Crippen LogP contribution in [0.15, 0.2) is 18.2 Å². The number of likely N-dealkylation sites (N-methyl/N-ethyl adjacent to an activating group) is 1. The van der Waals surface area contributed by atoms with E-state index in [1.54, 1.807) is 18.2 Å². The Morgan fingerprint density at radius 2 is 2.15 bits per heavy atom. The molecule has 110 valence electrons. The Morgan fingerprint density at radius 1 is 1.45 bits per heavy atom. The first-order chi connectivity index (χ1) is 9.43. The van der Waals surface area contributed by atoms with Crippen molar-refractivity contribution in [1.82, 2.24) is 10.2 Å². The topological polar surface area (TPSA) is 53.6 Å². The number of methoxy groups -OCH3 is 1. The van der Waals surface area contributed by atoms with Gasteiger partial charge in [0.05, 0.1) is 23.4 Å². The van der Waals surface area contributed by atoms with Gasteiger partial charge in [0.1, 0.15) is 0 Å². The molecule has 2 N–H and O–H groups in total. The molecule has 0 atom stereocenters. The molecule has 20 heavy (non-hydrogen) atoms. The summed E-state index contributed by atoms with van der Waals surface area (Å²) in [5.41, 5.74) is 0.979. The van der Waals surface area contributed by atoms with Crippen molar-refractivity contribution in [3.05, 3.63) is 28.8 Å². The minimum atomic E-state index is -0.420. The van der Waals surface area contributed by atoms with E-state index in [2.05, 4.69) is 15.4 Å². The van der Waals surface area contributed by atoms with Crippen molar-refractivity contribution in [2.45, 2.75) is 0 Å². The van der Waals surface area contributed by atoms with Gasteiger partial charge in [-0.1, -0.05) is 11.6 Å². The molecule has 1 aromatic carbocycles. The zero-order chi connectivity index (χ0) is 15.1. The Labute approximate surface area is 129 Å². The highest BCUT2D eigenvalue weighted by atomic mass is 35.5. The summed E-state index contributed by atoms with van der Waals surface area (Å²) < 4.78 is 4.66. The molecule has 0 saturated carbocycles. The number of rotatable bonds is 5. The van der Waals surface area contributed by atoms with E-state index in [1.807, 2.05) is 19.0 Å². The predicted octanol–water partition coefficient (Wildman–Crippen LogP) is 1.97. The van der Waals surface area contributed by atoms with Gasteiger partial charge in [0.15, 0.2) is 5.11 Å². The smallest absolute Gasteiger partial charge is 0.337 e. The number of hydrogen-bond acceptors (Lipinski definition) is 4. The minimum Gasteiger partial charge on any atom is -0.465 e. The predicted molar refractivity (Wildman–Crippen MR) is 85.6 cm³/mol. The third-order valence-electron chi connectivity index (χ3n) is 2.48. The highest BCUT2D eigenvalue weighted by molar-refractivity contribution is 7.80. The average molecular weight is 316 g/mol. The monoisotopic (exact) mass is 315 g/mol. The molecule has 0 radical (unpaired) electrons. The van der Waals surface area contributed by atoms with Crippen LogP contribution in [0.3, 0.4) is 0 Å². The van der Waals surface area contributed by atoms with Crippen molar-refractivity contribution in [2.24, 2.45) is 0 Å². The van der Waals surface area contributed by atoms with Crippen LogP contribution >= 0.6 is 23.8 Å². The van der Waals surface area contributed by atoms with E-state index in [0.717, 1.165) is 6.54 Å². The van der Waals surface area contributed by atoms with Crippen LogP contribution < -0.4 is 10.6 Å². The molecule has 5 nitrogen and oxygen atoms in total. The molecule has 0 aromatic heterocycles. The molecule has 0 bridgehead atoms. The Balaban J connectivity index is 2.66. The van der Waals surface area contributed by atoms with Gasteiger partial charge in [0, 0.05) is 13.1 Å². The van der Waals surface area contributed by atoms with E-state index >= 15 is 0 Å². The van der Waals surface area contributed by atoms with Crippen molar-refractivity contribution >= 4 is 40.6 Å². The van der Waals surface area contributed by atoms with Gasteiger partial charge >= 0.3 is 5.97 Å². The summed E-state index contributed by atoms with van der Waals surface area (Å²) in [6.07, 6.45) is 0. The van der Waals surface area contributed by atoms with Crippen LogP contribution in [0.2, 0.25) is 5.02 Å². The summed E-state index contributed by atoms with van der Waals surface area (Å²) in [5.74, 6) is -0.420. The van der Waals surface area contributed by atoms with Gasteiger partial charge in [-0.05, 0) is 44.5 Å². The van der Waals surface area contributed by atoms with Gasteiger partial charge in [0.2, 0.25) is 0 Å². The lowest BCUT2D eigenvalue weighted by Gasteiger charge is -2.14. The minimum absolute atomic E-state index is 0.412. The van der Waals surface area contributed by atoms with E-state index in [9.17, 15) is 4.79 Å². The number of halogens is 1. The summed E-state index contributed by atoms with van der Waals surface area (Å²) in [6.45, 7) is 1.57. The molecule has 0 fully saturated rings. The van der Waals surface area contributed by atoms with Crippen LogP contribution in [0, 0.1) is 0 Å². The van der Waals surface area contributed by atoms with Crippen LogP contribution in [-0.4, -0.2) is 50.3 Å². The fourth-order valence-electron chi connectivity index (χ4n) is 1.43. The second kappa shape index (κ2) is 8.04. The standard InChI is InChI=1S/C13H18ClN3O2S/c1-17(2)7-6-15-13(20)16-11-8-9(12(18)19-3)4-5-10(11)14/h4-5,8H,6-7H2,1-3H3,(H2,15,16,20). The van der Waals surface area contributed by atoms with E-state index < -0.39 is 5.97 Å². The van der Waals surface area contributed by atoms with E-state index in [4.69, 9.17) is 23.8 Å². The highest BCUT2D eigenvalue weighted by Crippen LogP contribution is 2.23. The third-order valence-corrected chi connectivity index (χ3v) is 3.06. The first kappa shape index (κ1) is 16.7. The van der Waals surface area contributed by atoms with Crippen LogP contribution in [0.4, 0.5) is 5.69 Å². The van der Waals surface area contributed by atoms with Crippen LogP contribution in [0.1, 0.15) is 10.4 Å². The molecule has 0 amide bonds. The Bertz CT molecular complexity index is 495. The Hall–Kier alpha value is -1.37. The average Bonchev–Trinajstić information content (AvgIpc) is 2.40.